The molecule has 2 aromatic heterocycles. The molecule has 0 radical (unpaired) electrons. The van der Waals surface area contributed by atoms with Crippen LogP contribution in [-0.4, -0.2) is 59.8 Å². The lowest BCUT2D eigenvalue weighted by atomic mass is 10.0. The SMILES string of the molecule is O=c1[nH]cnc2c1ncn2C1OC[C@@H](O)[C@@H](O)[C@H]1O. The van der Waals surface area contributed by atoms with Gasteiger partial charge in [0, 0.05) is 0 Å². The Hall–Kier alpha value is -1.81. The maximum absolute atomic E-state index is 11.5. The zero-order valence-electron chi connectivity index (χ0n) is 9.67. The smallest absolute Gasteiger partial charge is 0.278 e. The van der Waals surface area contributed by atoms with Crippen LogP contribution in [0.2, 0.25) is 0 Å². The molecule has 19 heavy (non-hydrogen) atoms. The van der Waals surface area contributed by atoms with Crippen LogP contribution in [0.1, 0.15) is 6.23 Å². The van der Waals surface area contributed by atoms with Gasteiger partial charge in [-0.25, -0.2) is 9.97 Å². The molecule has 1 aliphatic rings. The lowest BCUT2D eigenvalue weighted by Gasteiger charge is -2.35. The van der Waals surface area contributed by atoms with Gasteiger partial charge < -0.3 is 25.0 Å². The molecule has 0 saturated carbocycles. The van der Waals surface area contributed by atoms with Crippen molar-refractivity contribution >= 4 is 11.2 Å². The van der Waals surface area contributed by atoms with E-state index in [0.29, 0.717) is 0 Å². The van der Waals surface area contributed by atoms with Crippen molar-refractivity contribution in [3.05, 3.63) is 23.0 Å². The predicted octanol–water partition coefficient (Wildman–Crippen LogP) is -2.27. The molecule has 0 amide bonds. The summed E-state index contributed by atoms with van der Waals surface area (Å²) in [6.45, 7) is -0.133. The zero-order chi connectivity index (χ0) is 13.6. The van der Waals surface area contributed by atoms with Crippen LogP contribution in [0.3, 0.4) is 0 Å². The molecule has 0 aliphatic carbocycles. The average Bonchev–Trinajstić information content (AvgIpc) is 2.82. The van der Waals surface area contributed by atoms with Crippen molar-refractivity contribution in [1.29, 1.82) is 0 Å². The Balaban J connectivity index is 2.05. The molecule has 1 fully saturated rings. The van der Waals surface area contributed by atoms with Crippen LogP contribution in [0, 0.1) is 0 Å². The van der Waals surface area contributed by atoms with Crippen LogP contribution in [0.25, 0.3) is 11.2 Å². The van der Waals surface area contributed by atoms with Crippen molar-refractivity contribution in [3.63, 3.8) is 0 Å². The van der Waals surface area contributed by atoms with E-state index in [9.17, 15) is 20.1 Å². The average molecular weight is 268 g/mol. The number of ether oxygens (including phenoxy) is 1. The van der Waals surface area contributed by atoms with Gasteiger partial charge in [-0.3, -0.25) is 9.36 Å². The van der Waals surface area contributed by atoms with Gasteiger partial charge in [0.25, 0.3) is 5.56 Å². The van der Waals surface area contributed by atoms with Crippen LogP contribution in [0.15, 0.2) is 17.4 Å². The Morgan fingerprint density at radius 1 is 1.32 bits per heavy atom. The van der Waals surface area contributed by atoms with Crippen molar-refractivity contribution in [2.24, 2.45) is 0 Å². The van der Waals surface area contributed by atoms with E-state index in [4.69, 9.17) is 4.74 Å². The Morgan fingerprint density at radius 3 is 2.89 bits per heavy atom. The second-order valence-electron chi connectivity index (χ2n) is 4.33. The van der Waals surface area contributed by atoms with E-state index in [2.05, 4.69) is 15.0 Å². The molecule has 4 atom stereocenters. The van der Waals surface area contributed by atoms with Gasteiger partial charge in [-0.1, -0.05) is 0 Å². The number of aromatic amines is 1. The number of aliphatic hydroxyl groups excluding tert-OH is 3. The number of nitrogens with zero attached hydrogens (tertiary/aromatic N) is 3. The highest BCUT2D eigenvalue weighted by atomic mass is 16.5. The van der Waals surface area contributed by atoms with Gasteiger partial charge in [0.2, 0.25) is 0 Å². The van der Waals surface area contributed by atoms with Gasteiger partial charge in [-0.05, 0) is 0 Å². The number of hydrogen-bond donors (Lipinski definition) is 4. The largest absolute Gasteiger partial charge is 0.388 e. The summed E-state index contributed by atoms with van der Waals surface area (Å²) in [5, 5.41) is 28.9. The van der Waals surface area contributed by atoms with E-state index in [1.54, 1.807) is 0 Å². The Kier molecular flexibility index (Phi) is 2.82. The van der Waals surface area contributed by atoms with Crippen LogP contribution in [0.4, 0.5) is 0 Å². The first-order valence-corrected chi connectivity index (χ1v) is 5.65. The van der Waals surface area contributed by atoms with Crippen LogP contribution >= 0.6 is 0 Å². The monoisotopic (exact) mass is 268 g/mol. The molecule has 0 spiro atoms. The highest BCUT2D eigenvalue weighted by Crippen LogP contribution is 2.25. The van der Waals surface area contributed by atoms with E-state index in [1.807, 2.05) is 0 Å². The van der Waals surface area contributed by atoms with E-state index in [1.165, 1.54) is 17.2 Å². The van der Waals surface area contributed by atoms with Gasteiger partial charge in [0.15, 0.2) is 17.4 Å². The molecule has 1 unspecified atom stereocenters. The minimum Gasteiger partial charge on any atom is -0.388 e. The van der Waals surface area contributed by atoms with Crippen molar-refractivity contribution in [2.45, 2.75) is 24.5 Å². The number of hydrogen-bond acceptors (Lipinski definition) is 7. The number of rotatable bonds is 1. The predicted molar refractivity (Wildman–Crippen MR) is 61.2 cm³/mol. The van der Waals surface area contributed by atoms with E-state index in [-0.39, 0.29) is 17.8 Å². The third-order valence-electron chi connectivity index (χ3n) is 3.11. The summed E-state index contributed by atoms with van der Waals surface area (Å²) in [4.78, 5) is 21.7. The molecule has 1 saturated heterocycles. The fourth-order valence-corrected chi connectivity index (χ4v) is 2.08. The van der Waals surface area contributed by atoms with Crippen molar-refractivity contribution in [2.75, 3.05) is 6.61 Å². The molecule has 9 nitrogen and oxygen atoms in total. The summed E-state index contributed by atoms with van der Waals surface area (Å²) >= 11 is 0. The van der Waals surface area contributed by atoms with E-state index < -0.39 is 30.1 Å². The highest BCUT2D eigenvalue weighted by molar-refractivity contribution is 5.68. The standard InChI is InChI=1S/C10H12N4O5/c15-4-1-19-10(7(17)6(4)16)14-3-13-5-8(14)11-2-12-9(5)18/h2-4,6-7,10,15-17H,1H2,(H,11,12,18)/t4-,6-,7-,10?/m1/s1. The number of fused-ring (bicyclic) bond motifs is 1. The molecule has 4 N–H and O–H groups in total. The molecule has 9 heteroatoms. The minimum atomic E-state index is -1.35. The first kappa shape index (κ1) is 12.2. The Bertz CT molecular complexity index is 653. The first-order valence-electron chi connectivity index (χ1n) is 5.65. The molecule has 0 aromatic carbocycles. The maximum Gasteiger partial charge on any atom is 0.278 e. The zero-order valence-corrected chi connectivity index (χ0v) is 9.67. The fraction of sp³-hybridized carbons (Fsp3) is 0.500. The van der Waals surface area contributed by atoms with Crippen molar-refractivity contribution in [3.8, 4) is 0 Å². The number of H-pyrrole nitrogens is 1. The maximum atomic E-state index is 11.5. The summed E-state index contributed by atoms with van der Waals surface area (Å²) in [5.41, 5.74) is -0.0649. The molecule has 0 bridgehead atoms. The van der Waals surface area contributed by atoms with Gasteiger partial charge in [-0.15, -0.1) is 0 Å². The second kappa shape index (κ2) is 4.38. The minimum absolute atomic E-state index is 0.110. The molecular formula is C10H12N4O5. The lowest BCUT2D eigenvalue weighted by Crippen LogP contribution is -2.50. The normalized spacial score (nSPS) is 31.7. The molecule has 3 rings (SSSR count). The molecule has 1 aliphatic heterocycles. The number of imidazole rings is 1. The van der Waals surface area contributed by atoms with Gasteiger partial charge in [-0.2, -0.15) is 0 Å². The van der Waals surface area contributed by atoms with E-state index in [0.717, 1.165) is 0 Å². The summed E-state index contributed by atoms with van der Waals surface area (Å²) in [7, 11) is 0. The molecule has 2 aromatic rings. The summed E-state index contributed by atoms with van der Waals surface area (Å²) in [6, 6.07) is 0. The number of aromatic nitrogens is 4. The topological polar surface area (TPSA) is 133 Å². The Labute approximate surface area is 106 Å². The summed E-state index contributed by atoms with van der Waals surface area (Å²) in [6.07, 6.45) is -2.29. The number of aliphatic hydroxyl groups is 3. The van der Waals surface area contributed by atoms with Gasteiger partial charge in [0.1, 0.15) is 18.3 Å². The second-order valence-corrected chi connectivity index (χ2v) is 4.33. The van der Waals surface area contributed by atoms with Crippen LogP contribution < -0.4 is 5.56 Å². The third kappa shape index (κ3) is 1.83. The van der Waals surface area contributed by atoms with Crippen molar-refractivity contribution in [1.82, 2.24) is 19.5 Å². The molecular weight excluding hydrogens is 256 g/mol. The molecule has 3 heterocycles. The lowest BCUT2D eigenvalue weighted by molar-refractivity contribution is -0.210. The van der Waals surface area contributed by atoms with Gasteiger partial charge in [0.05, 0.1) is 19.3 Å². The van der Waals surface area contributed by atoms with Crippen LogP contribution in [-0.2, 0) is 4.74 Å². The van der Waals surface area contributed by atoms with Crippen LogP contribution in [0.5, 0.6) is 0 Å². The van der Waals surface area contributed by atoms with Crippen molar-refractivity contribution < 1.29 is 20.1 Å². The quantitative estimate of drug-likeness (QED) is 0.458. The highest BCUT2D eigenvalue weighted by Gasteiger charge is 2.39. The summed E-state index contributed by atoms with van der Waals surface area (Å²) in [5.74, 6) is 0. The summed E-state index contributed by atoms with van der Waals surface area (Å²) < 4.78 is 6.63. The first-order chi connectivity index (χ1) is 9.09. The van der Waals surface area contributed by atoms with E-state index >= 15 is 0 Å². The Morgan fingerprint density at radius 2 is 2.11 bits per heavy atom. The molecule has 102 valence electrons. The van der Waals surface area contributed by atoms with Gasteiger partial charge >= 0.3 is 0 Å². The third-order valence-corrected chi connectivity index (χ3v) is 3.11. The fourth-order valence-electron chi connectivity index (χ4n) is 2.08. The number of nitrogens with one attached hydrogen (secondary N) is 1.